The maximum absolute atomic E-state index is 11.6. The molecule has 4 nitrogen and oxygen atoms in total. The van der Waals surface area contributed by atoms with Gasteiger partial charge in [-0.25, -0.2) is 8.42 Å². The van der Waals surface area contributed by atoms with Gasteiger partial charge in [0.15, 0.2) is 15.6 Å². The zero-order valence-corrected chi connectivity index (χ0v) is 10.4. The van der Waals surface area contributed by atoms with Crippen molar-refractivity contribution in [3.05, 3.63) is 24.3 Å². The van der Waals surface area contributed by atoms with Gasteiger partial charge in [-0.15, -0.1) is 0 Å². The summed E-state index contributed by atoms with van der Waals surface area (Å²) in [5.74, 6) is 0.188. The average Bonchev–Trinajstić information content (AvgIpc) is 2.14. The van der Waals surface area contributed by atoms with E-state index < -0.39 is 9.84 Å². The van der Waals surface area contributed by atoms with Gasteiger partial charge in [0.2, 0.25) is 0 Å². The Morgan fingerprint density at radius 1 is 1.44 bits per heavy atom. The van der Waals surface area contributed by atoms with E-state index in [-0.39, 0.29) is 10.6 Å². The van der Waals surface area contributed by atoms with Crippen LogP contribution in [0.4, 0.5) is 5.69 Å². The van der Waals surface area contributed by atoms with Gasteiger partial charge in [-0.05, 0) is 24.6 Å². The minimum Gasteiger partial charge on any atom is -0.493 e. The highest BCUT2D eigenvalue weighted by Crippen LogP contribution is 2.33. The molecule has 0 spiro atoms. The first-order chi connectivity index (χ1) is 7.27. The molecule has 0 saturated heterocycles. The molecule has 0 aliphatic carbocycles. The van der Waals surface area contributed by atoms with Crippen molar-refractivity contribution in [3.63, 3.8) is 0 Å². The fourth-order valence-corrected chi connectivity index (χ4v) is 2.24. The van der Waals surface area contributed by atoms with Crippen LogP contribution in [0.25, 0.3) is 5.57 Å². The predicted molar refractivity (Wildman–Crippen MR) is 65.2 cm³/mol. The summed E-state index contributed by atoms with van der Waals surface area (Å²) in [6.45, 7) is 5.54. The Hall–Kier alpha value is -1.49. The summed E-state index contributed by atoms with van der Waals surface area (Å²) < 4.78 is 28.2. The van der Waals surface area contributed by atoms with E-state index in [1.165, 1.54) is 13.2 Å². The summed E-state index contributed by atoms with van der Waals surface area (Å²) in [5, 5.41) is 0. The van der Waals surface area contributed by atoms with Gasteiger partial charge in [-0.3, -0.25) is 0 Å². The first-order valence-electron chi connectivity index (χ1n) is 4.61. The highest BCUT2D eigenvalue weighted by molar-refractivity contribution is 7.90. The Kier molecular flexibility index (Phi) is 3.28. The van der Waals surface area contributed by atoms with E-state index in [2.05, 4.69) is 6.58 Å². The monoisotopic (exact) mass is 241 g/mol. The van der Waals surface area contributed by atoms with Gasteiger partial charge in [0.1, 0.15) is 4.90 Å². The molecule has 0 bridgehead atoms. The topological polar surface area (TPSA) is 69.4 Å². The first-order valence-corrected chi connectivity index (χ1v) is 6.50. The SMILES string of the molecule is C=C(C)c1cc(N)c(OC)c(S(C)(=O)=O)c1. The smallest absolute Gasteiger partial charge is 0.179 e. The van der Waals surface area contributed by atoms with Crippen molar-refractivity contribution in [1.29, 1.82) is 0 Å². The highest BCUT2D eigenvalue weighted by Gasteiger charge is 2.18. The van der Waals surface area contributed by atoms with Crippen LogP contribution in [0.3, 0.4) is 0 Å². The van der Waals surface area contributed by atoms with Crippen LogP contribution in [0, 0.1) is 0 Å². The van der Waals surface area contributed by atoms with Crippen LogP contribution in [-0.2, 0) is 9.84 Å². The molecule has 0 saturated carbocycles. The molecular weight excluding hydrogens is 226 g/mol. The summed E-state index contributed by atoms with van der Waals surface area (Å²) in [7, 11) is -1.98. The Morgan fingerprint density at radius 3 is 2.38 bits per heavy atom. The first kappa shape index (κ1) is 12.6. The molecule has 0 radical (unpaired) electrons. The fourth-order valence-electron chi connectivity index (χ4n) is 1.36. The third-order valence-electron chi connectivity index (χ3n) is 2.18. The van der Waals surface area contributed by atoms with Crippen molar-refractivity contribution in [3.8, 4) is 5.75 Å². The van der Waals surface area contributed by atoms with E-state index in [1.807, 2.05) is 0 Å². The lowest BCUT2D eigenvalue weighted by atomic mass is 10.1. The molecule has 0 fully saturated rings. The number of ether oxygens (including phenoxy) is 1. The number of sulfone groups is 1. The van der Waals surface area contributed by atoms with Gasteiger partial charge in [0, 0.05) is 6.26 Å². The van der Waals surface area contributed by atoms with Gasteiger partial charge in [0.25, 0.3) is 0 Å². The lowest BCUT2D eigenvalue weighted by Crippen LogP contribution is -2.04. The number of benzene rings is 1. The summed E-state index contributed by atoms with van der Waals surface area (Å²) in [6.07, 6.45) is 1.12. The molecule has 0 atom stereocenters. The fraction of sp³-hybridized carbons (Fsp3) is 0.273. The van der Waals surface area contributed by atoms with Crippen LogP contribution >= 0.6 is 0 Å². The number of hydrogen-bond acceptors (Lipinski definition) is 4. The van der Waals surface area contributed by atoms with Crippen LogP contribution in [0.2, 0.25) is 0 Å². The van der Waals surface area contributed by atoms with E-state index in [1.54, 1.807) is 13.0 Å². The van der Waals surface area contributed by atoms with Crippen molar-refractivity contribution < 1.29 is 13.2 Å². The molecule has 0 aliphatic heterocycles. The number of anilines is 1. The quantitative estimate of drug-likeness (QED) is 0.818. The lowest BCUT2D eigenvalue weighted by Gasteiger charge is -2.12. The van der Waals surface area contributed by atoms with Crippen molar-refractivity contribution in [2.45, 2.75) is 11.8 Å². The molecule has 16 heavy (non-hydrogen) atoms. The van der Waals surface area contributed by atoms with Gasteiger partial charge in [-0.2, -0.15) is 0 Å². The second kappa shape index (κ2) is 4.17. The molecule has 1 rings (SSSR count). The largest absolute Gasteiger partial charge is 0.493 e. The van der Waals surface area contributed by atoms with E-state index >= 15 is 0 Å². The molecule has 0 amide bonds. The zero-order valence-electron chi connectivity index (χ0n) is 9.57. The second-order valence-corrected chi connectivity index (χ2v) is 5.63. The van der Waals surface area contributed by atoms with Crippen molar-refractivity contribution >= 4 is 21.1 Å². The van der Waals surface area contributed by atoms with Gasteiger partial charge >= 0.3 is 0 Å². The molecule has 0 unspecified atom stereocenters. The van der Waals surface area contributed by atoms with Crippen molar-refractivity contribution in [2.75, 3.05) is 19.1 Å². The number of hydrogen-bond donors (Lipinski definition) is 1. The third-order valence-corrected chi connectivity index (χ3v) is 3.28. The summed E-state index contributed by atoms with van der Waals surface area (Å²) in [6, 6.07) is 3.17. The Labute approximate surface area is 95.6 Å². The molecule has 0 heterocycles. The maximum Gasteiger partial charge on any atom is 0.179 e. The summed E-state index contributed by atoms with van der Waals surface area (Å²) >= 11 is 0. The molecular formula is C11H15NO3S. The van der Waals surface area contributed by atoms with E-state index in [9.17, 15) is 8.42 Å². The van der Waals surface area contributed by atoms with E-state index in [0.29, 0.717) is 11.3 Å². The minimum atomic E-state index is -3.37. The van der Waals surface area contributed by atoms with Crippen LogP contribution in [-0.4, -0.2) is 21.8 Å². The number of rotatable bonds is 3. The molecule has 5 heteroatoms. The maximum atomic E-state index is 11.6. The number of allylic oxidation sites excluding steroid dienone is 1. The Bertz CT molecular complexity index is 532. The summed E-state index contributed by atoms with van der Waals surface area (Å²) in [4.78, 5) is 0.0907. The van der Waals surface area contributed by atoms with Crippen LogP contribution in [0.15, 0.2) is 23.6 Å². The normalized spacial score (nSPS) is 11.2. The van der Waals surface area contributed by atoms with Gasteiger partial charge < -0.3 is 10.5 Å². The number of nitrogen functional groups attached to an aromatic ring is 1. The molecule has 1 aromatic carbocycles. The van der Waals surface area contributed by atoms with Crippen LogP contribution in [0.5, 0.6) is 5.75 Å². The second-order valence-electron chi connectivity index (χ2n) is 3.65. The third kappa shape index (κ3) is 2.36. The highest BCUT2D eigenvalue weighted by atomic mass is 32.2. The molecule has 0 aliphatic rings. The molecule has 1 aromatic rings. The zero-order chi connectivity index (χ0) is 12.5. The standard InChI is InChI=1S/C11H15NO3S/c1-7(2)8-5-9(12)11(15-3)10(6-8)16(4,13)14/h5-6H,1,12H2,2-4H3. The predicted octanol–water partition coefficient (Wildman–Crippen LogP) is 1.71. The van der Waals surface area contributed by atoms with Crippen molar-refractivity contribution in [1.82, 2.24) is 0 Å². The van der Waals surface area contributed by atoms with Gasteiger partial charge in [-0.1, -0.05) is 12.2 Å². The molecule has 0 aromatic heterocycles. The van der Waals surface area contributed by atoms with Crippen LogP contribution in [0.1, 0.15) is 12.5 Å². The Morgan fingerprint density at radius 2 is 2.00 bits per heavy atom. The molecule has 88 valence electrons. The molecule has 2 N–H and O–H groups in total. The van der Waals surface area contributed by atoms with Gasteiger partial charge in [0.05, 0.1) is 12.8 Å². The summed E-state index contributed by atoms with van der Waals surface area (Å²) in [5.41, 5.74) is 7.47. The Balaban J connectivity index is 3.62. The lowest BCUT2D eigenvalue weighted by molar-refractivity contribution is 0.405. The van der Waals surface area contributed by atoms with Crippen LogP contribution < -0.4 is 10.5 Å². The number of methoxy groups -OCH3 is 1. The van der Waals surface area contributed by atoms with E-state index in [4.69, 9.17) is 10.5 Å². The average molecular weight is 241 g/mol. The van der Waals surface area contributed by atoms with E-state index in [0.717, 1.165) is 11.8 Å². The van der Waals surface area contributed by atoms with Crippen molar-refractivity contribution in [2.24, 2.45) is 0 Å². The number of nitrogens with two attached hydrogens (primary N) is 1. The minimum absolute atomic E-state index is 0.0907.